The molecule has 0 bridgehead atoms. The van der Waals surface area contributed by atoms with Crippen LogP contribution in [-0.4, -0.2) is 30.8 Å². The van der Waals surface area contributed by atoms with Gasteiger partial charge in [0.25, 0.3) is 0 Å². The quantitative estimate of drug-likeness (QED) is 0.888. The van der Waals surface area contributed by atoms with Crippen LogP contribution in [0.5, 0.6) is 0 Å². The largest absolute Gasteiger partial charge is 0.330 e. The highest BCUT2D eigenvalue weighted by Gasteiger charge is 2.30. The summed E-state index contributed by atoms with van der Waals surface area (Å²) in [5, 5.41) is 0. The minimum atomic E-state index is 0.579. The highest BCUT2D eigenvalue weighted by Crippen LogP contribution is 2.37. The van der Waals surface area contributed by atoms with Crippen LogP contribution in [0, 0.1) is 5.92 Å². The van der Waals surface area contributed by atoms with Gasteiger partial charge in [-0.1, -0.05) is 12.1 Å². The van der Waals surface area contributed by atoms with E-state index >= 15 is 0 Å². The van der Waals surface area contributed by atoms with E-state index in [9.17, 15) is 0 Å². The van der Waals surface area contributed by atoms with E-state index in [4.69, 9.17) is 5.73 Å². The lowest BCUT2D eigenvalue weighted by molar-refractivity contribution is 0.313. The van der Waals surface area contributed by atoms with Gasteiger partial charge in [-0.2, -0.15) is 0 Å². The minimum absolute atomic E-state index is 0.579. The SMILES string of the molecule is CN1CC(CN)CC1c1ccc2c(c1)CCCS2. The molecule has 1 aromatic rings. The van der Waals surface area contributed by atoms with Crippen molar-refractivity contribution in [2.45, 2.75) is 30.2 Å². The second-order valence-corrected chi connectivity index (χ2v) is 6.75. The van der Waals surface area contributed by atoms with E-state index in [0.29, 0.717) is 12.0 Å². The number of hydrogen-bond acceptors (Lipinski definition) is 3. The predicted molar refractivity (Wildman–Crippen MR) is 78.0 cm³/mol. The monoisotopic (exact) mass is 262 g/mol. The number of likely N-dealkylation sites (tertiary alicyclic amines) is 1. The summed E-state index contributed by atoms with van der Waals surface area (Å²) in [6.07, 6.45) is 3.80. The molecule has 3 rings (SSSR count). The molecule has 2 atom stereocenters. The van der Waals surface area contributed by atoms with Crippen LogP contribution in [0.3, 0.4) is 0 Å². The van der Waals surface area contributed by atoms with E-state index in [1.54, 1.807) is 5.56 Å². The Morgan fingerprint density at radius 1 is 1.44 bits per heavy atom. The van der Waals surface area contributed by atoms with Crippen molar-refractivity contribution in [1.29, 1.82) is 0 Å². The molecule has 18 heavy (non-hydrogen) atoms. The van der Waals surface area contributed by atoms with Crippen molar-refractivity contribution in [2.75, 3.05) is 25.9 Å². The lowest BCUT2D eigenvalue weighted by Crippen LogP contribution is -2.20. The molecule has 2 heterocycles. The molecule has 2 aliphatic rings. The lowest BCUT2D eigenvalue weighted by Gasteiger charge is -2.22. The summed E-state index contributed by atoms with van der Waals surface area (Å²) in [4.78, 5) is 3.97. The molecular weight excluding hydrogens is 240 g/mol. The molecule has 98 valence electrons. The van der Waals surface area contributed by atoms with Gasteiger partial charge in [0, 0.05) is 17.5 Å². The summed E-state index contributed by atoms with van der Waals surface area (Å²) >= 11 is 2.01. The van der Waals surface area contributed by atoms with Gasteiger partial charge in [0.1, 0.15) is 0 Å². The average Bonchev–Trinajstić information content (AvgIpc) is 2.79. The molecule has 1 fully saturated rings. The molecule has 0 amide bonds. The fraction of sp³-hybridized carbons (Fsp3) is 0.600. The van der Waals surface area contributed by atoms with Crippen LogP contribution >= 0.6 is 11.8 Å². The molecule has 0 aromatic heterocycles. The maximum atomic E-state index is 5.82. The maximum Gasteiger partial charge on any atom is 0.0348 e. The molecular formula is C15H22N2S. The van der Waals surface area contributed by atoms with Gasteiger partial charge in [0.2, 0.25) is 0 Å². The van der Waals surface area contributed by atoms with Gasteiger partial charge < -0.3 is 5.73 Å². The van der Waals surface area contributed by atoms with Crippen molar-refractivity contribution in [3.05, 3.63) is 29.3 Å². The summed E-state index contributed by atoms with van der Waals surface area (Å²) < 4.78 is 0. The fourth-order valence-electron chi connectivity index (χ4n) is 3.25. The van der Waals surface area contributed by atoms with Gasteiger partial charge >= 0.3 is 0 Å². The van der Waals surface area contributed by atoms with Crippen molar-refractivity contribution in [2.24, 2.45) is 11.7 Å². The summed E-state index contributed by atoms with van der Waals surface area (Å²) in [5.74, 6) is 1.95. The van der Waals surface area contributed by atoms with Crippen molar-refractivity contribution < 1.29 is 0 Å². The first-order chi connectivity index (χ1) is 8.78. The number of fused-ring (bicyclic) bond motifs is 1. The van der Waals surface area contributed by atoms with E-state index in [2.05, 4.69) is 30.1 Å². The number of hydrogen-bond donors (Lipinski definition) is 1. The van der Waals surface area contributed by atoms with Gasteiger partial charge in [0.05, 0.1) is 0 Å². The van der Waals surface area contributed by atoms with E-state index in [1.807, 2.05) is 11.8 Å². The van der Waals surface area contributed by atoms with Gasteiger partial charge in [-0.25, -0.2) is 0 Å². The third kappa shape index (κ3) is 2.31. The predicted octanol–water partition coefficient (Wildman–Crippen LogP) is 2.68. The molecule has 0 radical (unpaired) electrons. The number of rotatable bonds is 2. The first-order valence-electron chi connectivity index (χ1n) is 6.94. The van der Waals surface area contributed by atoms with Crippen molar-refractivity contribution in [1.82, 2.24) is 4.90 Å². The first kappa shape index (κ1) is 12.5. The van der Waals surface area contributed by atoms with Crippen molar-refractivity contribution >= 4 is 11.8 Å². The minimum Gasteiger partial charge on any atom is -0.330 e. The number of thioether (sulfide) groups is 1. The average molecular weight is 262 g/mol. The normalized spacial score (nSPS) is 28.3. The van der Waals surface area contributed by atoms with Crippen LogP contribution in [0.2, 0.25) is 0 Å². The summed E-state index contributed by atoms with van der Waals surface area (Å²) in [7, 11) is 2.23. The topological polar surface area (TPSA) is 29.3 Å². The Balaban J connectivity index is 1.84. The second kappa shape index (κ2) is 5.24. The Morgan fingerprint density at radius 2 is 2.33 bits per heavy atom. The highest BCUT2D eigenvalue weighted by atomic mass is 32.2. The zero-order valence-electron chi connectivity index (χ0n) is 11.1. The molecule has 0 saturated carbocycles. The molecule has 3 heteroatoms. The van der Waals surface area contributed by atoms with Gasteiger partial charge in [-0.05, 0) is 61.7 Å². The third-order valence-electron chi connectivity index (χ3n) is 4.29. The zero-order valence-corrected chi connectivity index (χ0v) is 11.9. The summed E-state index contributed by atoms with van der Waals surface area (Å²) in [6.45, 7) is 1.97. The Morgan fingerprint density at radius 3 is 3.11 bits per heavy atom. The Bertz CT molecular complexity index is 433. The van der Waals surface area contributed by atoms with E-state index in [-0.39, 0.29) is 0 Å². The second-order valence-electron chi connectivity index (χ2n) is 5.61. The van der Waals surface area contributed by atoms with Crippen LogP contribution in [0.4, 0.5) is 0 Å². The lowest BCUT2D eigenvalue weighted by atomic mass is 9.97. The Labute approximate surface area is 114 Å². The van der Waals surface area contributed by atoms with E-state index < -0.39 is 0 Å². The Hall–Kier alpha value is -0.510. The fourth-order valence-corrected chi connectivity index (χ4v) is 4.27. The van der Waals surface area contributed by atoms with Crippen LogP contribution in [0.1, 0.15) is 30.0 Å². The van der Waals surface area contributed by atoms with Gasteiger partial charge in [-0.15, -0.1) is 11.8 Å². The highest BCUT2D eigenvalue weighted by molar-refractivity contribution is 7.99. The van der Waals surface area contributed by atoms with Crippen molar-refractivity contribution in [3.63, 3.8) is 0 Å². The number of nitrogens with two attached hydrogens (primary N) is 1. The number of benzene rings is 1. The maximum absolute atomic E-state index is 5.82. The molecule has 2 N–H and O–H groups in total. The molecule has 0 aliphatic carbocycles. The van der Waals surface area contributed by atoms with Crippen LogP contribution in [-0.2, 0) is 6.42 Å². The summed E-state index contributed by atoms with van der Waals surface area (Å²) in [5.41, 5.74) is 8.88. The molecule has 1 saturated heterocycles. The van der Waals surface area contributed by atoms with E-state index in [0.717, 1.165) is 13.1 Å². The van der Waals surface area contributed by atoms with Gasteiger partial charge in [0.15, 0.2) is 0 Å². The van der Waals surface area contributed by atoms with Crippen LogP contribution in [0.25, 0.3) is 0 Å². The smallest absolute Gasteiger partial charge is 0.0348 e. The summed E-state index contributed by atoms with van der Waals surface area (Å²) in [6, 6.07) is 7.69. The molecule has 2 aliphatic heterocycles. The van der Waals surface area contributed by atoms with Crippen LogP contribution in [0.15, 0.2) is 23.1 Å². The van der Waals surface area contributed by atoms with E-state index in [1.165, 1.54) is 35.5 Å². The molecule has 0 spiro atoms. The number of aryl methyl sites for hydroxylation is 1. The Kier molecular flexibility index (Phi) is 3.64. The van der Waals surface area contributed by atoms with Crippen LogP contribution < -0.4 is 5.73 Å². The first-order valence-corrected chi connectivity index (χ1v) is 7.92. The van der Waals surface area contributed by atoms with Crippen molar-refractivity contribution in [3.8, 4) is 0 Å². The molecule has 2 unspecified atom stereocenters. The molecule has 1 aromatic carbocycles. The standard InChI is InChI=1S/C15H22N2S/c1-17-10-11(9-16)7-14(17)12-4-5-15-13(8-12)3-2-6-18-15/h4-5,8,11,14H,2-3,6-7,9-10,16H2,1H3. The third-order valence-corrected chi connectivity index (χ3v) is 5.49. The number of nitrogens with zero attached hydrogens (tertiary/aromatic N) is 1. The zero-order chi connectivity index (χ0) is 12.5. The molecule has 2 nitrogen and oxygen atoms in total. The van der Waals surface area contributed by atoms with Gasteiger partial charge in [-0.3, -0.25) is 4.90 Å².